The van der Waals surface area contributed by atoms with Gasteiger partial charge in [-0.25, -0.2) is 0 Å². The Hall–Kier alpha value is -0.610. The summed E-state index contributed by atoms with van der Waals surface area (Å²) >= 11 is 0. The van der Waals surface area contributed by atoms with Gasteiger partial charge < -0.3 is 15.8 Å². The lowest BCUT2D eigenvalue weighted by Gasteiger charge is -2.39. The summed E-state index contributed by atoms with van der Waals surface area (Å²) in [5.74, 6) is 0.105. The van der Waals surface area contributed by atoms with E-state index in [4.69, 9.17) is 10.5 Å². The fraction of sp³-hybridized carbons (Fsp3) is 0.917. The van der Waals surface area contributed by atoms with Crippen molar-refractivity contribution >= 4 is 5.91 Å². The van der Waals surface area contributed by atoms with E-state index in [2.05, 4.69) is 5.32 Å². The van der Waals surface area contributed by atoms with Crippen molar-refractivity contribution in [2.24, 2.45) is 11.1 Å². The summed E-state index contributed by atoms with van der Waals surface area (Å²) in [5, 5.41) is 3.15. The van der Waals surface area contributed by atoms with Crippen molar-refractivity contribution in [1.29, 1.82) is 0 Å². The van der Waals surface area contributed by atoms with Gasteiger partial charge >= 0.3 is 0 Å². The average Bonchev–Trinajstić information content (AvgIpc) is 2.45. The second-order valence-electron chi connectivity index (χ2n) is 5.14. The topological polar surface area (TPSA) is 64.4 Å². The normalized spacial score (nSPS) is 25.6. The molecule has 1 saturated heterocycles. The van der Waals surface area contributed by atoms with Crippen LogP contribution in [-0.4, -0.2) is 31.7 Å². The molecule has 0 bridgehead atoms. The molecule has 0 aromatic rings. The zero-order valence-corrected chi connectivity index (χ0v) is 9.84. The predicted octanol–water partition coefficient (Wildman–Crippen LogP) is 0.801. The van der Waals surface area contributed by atoms with Gasteiger partial charge in [0.25, 0.3) is 0 Å². The Kier molecular flexibility index (Phi) is 3.82. The average molecular weight is 226 g/mol. The summed E-state index contributed by atoms with van der Waals surface area (Å²) in [6.45, 7) is 1.37. The molecular formula is C12H22N2O2. The standard InChI is InChI=1S/C12H22N2O2/c13-7-12(8-16-9-12)11(15)14-10-5-3-1-2-4-6-10/h10H,1-9,13H2,(H,14,15). The summed E-state index contributed by atoms with van der Waals surface area (Å²) in [5.41, 5.74) is 5.24. The van der Waals surface area contributed by atoms with E-state index in [9.17, 15) is 4.79 Å². The van der Waals surface area contributed by atoms with Gasteiger partial charge in [-0.05, 0) is 12.8 Å². The molecule has 2 rings (SSSR count). The van der Waals surface area contributed by atoms with E-state index < -0.39 is 5.41 Å². The first-order valence-electron chi connectivity index (χ1n) is 6.36. The summed E-state index contributed by atoms with van der Waals surface area (Å²) in [6, 6.07) is 0.360. The van der Waals surface area contributed by atoms with Crippen LogP contribution in [0.15, 0.2) is 0 Å². The van der Waals surface area contributed by atoms with Crippen LogP contribution in [0.4, 0.5) is 0 Å². The van der Waals surface area contributed by atoms with Crippen LogP contribution >= 0.6 is 0 Å². The van der Waals surface area contributed by atoms with Crippen LogP contribution < -0.4 is 11.1 Å². The lowest BCUT2D eigenvalue weighted by atomic mass is 9.84. The van der Waals surface area contributed by atoms with Crippen LogP contribution in [0.3, 0.4) is 0 Å². The maximum Gasteiger partial charge on any atom is 0.232 e. The van der Waals surface area contributed by atoms with Crippen LogP contribution in [0.2, 0.25) is 0 Å². The summed E-state index contributed by atoms with van der Waals surface area (Å²) < 4.78 is 5.12. The number of ether oxygens (including phenoxy) is 1. The largest absolute Gasteiger partial charge is 0.379 e. The first kappa shape index (κ1) is 11.9. The Labute approximate surface area is 96.9 Å². The van der Waals surface area contributed by atoms with Gasteiger partial charge in [0, 0.05) is 12.6 Å². The minimum atomic E-state index is -0.424. The molecule has 92 valence electrons. The van der Waals surface area contributed by atoms with E-state index in [1.165, 1.54) is 25.7 Å². The van der Waals surface area contributed by atoms with Crippen molar-refractivity contribution in [1.82, 2.24) is 5.32 Å². The molecule has 1 aliphatic heterocycles. The molecule has 16 heavy (non-hydrogen) atoms. The van der Waals surface area contributed by atoms with E-state index in [0.29, 0.717) is 25.8 Å². The quantitative estimate of drug-likeness (QED) is 0.700. The lowest BCUT2D eigenvalue weighted by Crippen LogP contribution is -2.59. The highest BCUT2D eigenvalue weighted by atomic mass is 16.5. The minimum Gasteiger partial charge on any atom is -0.379 e. The van der Waals surface area contributed by atoms with Crippen molar-refractivity contribution < 1.29 is 9.53 Å². The number of nitrogens with one attached hydrogen (secondary N) is 1. The van der Waals surface area contributed by atoms with Crippen molar-refractivity contribution in [3.8, 4) is 0 Å². The zero-order valence-electron chi connectivity index (χ0n) is 9.84. The highest BCUT2D eigenvalue weighted by molar-refractivity contribution is 5.84. The molecule has 0 spiro atoms. The fourth-order valence-corrected chi connectivity index (χ4v) is 2.45. The first-order chi connectivity index (χ1) is 7.77. The number of carbonyl (C=O) groups excluding carboxylic acids is 1. The van der Waals surface area contributed by atoms with Gasteiger partial charge in [0.05, 0.1) is 13.2 Å². The Balaban J connectivity index is 1.85. The monoisotopic (exact) mass is 226 g/mol. The third kappa shape index (κ3) is 2.38. The number of rotatable bonds is 3. The van der Waals surface area contributed by atoms with Gasteiger partial charge in [0.15, 0.2) is 0 Å². The first-order valence-corrected chi connectivity index (χ1v) is 6.36. The van der Waals surface area contributed by atoms with E-state index in [-0.39, 0.29) is 5.91 Å². The lowest BCUT2D eigenvalue weighted by molar-refractivity contribution is -0.160. The van der Waals surface area contributed by atoms with Crippen LogP contribution in [0, 0.1) is 5.41 Å². The van der Waals surface area contributed by atoms with Crippen molar-refractivity contribution in [3.05, 3.63) is 0 Å². The number of hydrogen-bond acceptors (Lipinski definition) is 3. The van der Waals surface area contributed by atoms with E-state index in [1.54, 1.807) is 0 Å². The molecule has 0 aromatic heterocycles. The van der Waals surface area contributed by atoms with Crippen molar-refractivity contribution in [2.45, 2.75) is 44.6 Å². The maximum atomic E-state index is 12.1. The molecule has 1 saturated carbocycles. The molecule has 1 amide bonds. The number of amides is 1. The molecule has 2 fully saturated rings. The van der Waals surface area contributed by atoms with Crippen molar-refractivity contribution in [3.63, 3.8) is 0 Å². The number of nitrogens with two attached hydrogens (primary N) is 1. The van der Waals surface area contributed by atoms with Crippen LogP contribution in [0.1, 0.15) is 38.5 Å². The van der Waals surface area contributed by atoms with E-state index >= 15 is 0 Å². The fourth-order valence-electron chi connectivity index (χ4n) is 2.45. The van der Waals surface area contributed by atoms with Gasteiger partial charge in [-0.15, -0.1) is 0 Å². The van der Waals surface area contributed by atoms with Crippen LogP contribution in [-0.2, 0) is 9.53 Å². The molecule has 0 atom stereocenters. The summed E-state index contributed by atoms with van der Waals surface area (Å²) in [6.07, 6.45) is 7.31. The van der Waals surface area contributed by atoms with Crippen LogP contribution in [0.5, 0.6) is 0 Å². The molecule has 2 aliphatic rings. The molecule has 0 radical (unpaired) electrons. The summed E-state index contributed by atoms with van der Waals surface area (Å²) in [7, 11) is 0. The molecule has 0 aromatic carbocycles. The number of hydrogen-bond donors (Lipinski definition) is 2. The Morgan fingerprint density at radius 3 is 2.31 bits per heavy atom. The molecular weight excluding hydrogens is 204 g/mol. The smallest absolute Gasteiger partial charge is 0.232 e. The predicted molar refractivity (Wildman–Crippen MR) is 61.9 cm³/mol. The third-order valence-corrected chi connectivity index (χ3v) is 3.82. The molecule has 1 heterocycles. The molecule has 4 nitrogen and oxygen atoms in total. The highest BCUT2D eigenvalue weighted by Crippen LogP contribution is 2.27. The Morgan fingerprint density at radius 2 is 1.88 bits per heavy atom. The van der Waals surface area contributed by atoms with Crippen molar-refractivity contribution in [2.75, 3.05) is 19.8 Å². The van der Waals surface area contributed by atoms with Crippen LogP contribution in [0.25, 0.3) is 0 Å². The minimum absolute atomic E-state index is 0.105. The van der Waals surface area contributed by atoms with Gasteiger partial charge in [0.1, 0.15) is 5.41 Å². The van der Waals surface area contributed by atoms with Gasteiger partial charge in [-0.1, -0.05) is 25.7 Å². The Bertz CT molecular complexity index is 238. The maximum absolute atomic E-state index is 12.1. The molecule has 3 N–H and O–H groups in total. The zero-order chi connectivity index (χ0) is 11.4. The molecule has 0 unspecified atom stereocenters. The second kappa shape index (κ2) is 5.15. The highest BCUT2D eigenvalue weighted by Gasteiger charge is 2.45. The number of carbonyl (C=O) groups is 1. The van der Waals surface area contributed by atoms with Gasteiger partial charge in [-0.3, -0.25) is 4.79 Å². The van der Waals surface area contributed by atoms with Gasteiger partial charge in [-0.2, -0.15) is 0 Å². The van der Waals surface area contributed by atoms with E-state index in [0.717, 1.165) is 12.8 Å². The second-order valence-corrected chi connectivity index (χ2v) is 5.14. The Morgan fingerprint density at radius 1 is 1.25 bits per heavy atom. The van der Waals surface area contributed by atoms with E-state index in [1.807, 2.05) is 0 Å². The molecule has 4 heteroatoms. The van der Waals surface area contributed by atoms with Gasteiger partial charge in [0.2, 0.25) is 5.91 Å². The summed E-state index contributed by atoms with van der Waals surface area (Å²) in [4.78, 5) is 12.1. The SMILES string of the molecule is NCC1(C(=O)NC2CCCCCC2)COC1. The third-order valence-electron chi connectivity index (χ3n) is 3.82. The molecule has 1 aliphatic carbocycles.